The van der Waals surface area contributed by atoms with E-state index in [9.17, 15) is 14.4 Å². The van der Waals surface area contributed by atoms with Crippen LogP contribution >= 0.6 is 0 Å². The molecule has 3 atom stereocenters. The normalized spacial score (nSPS) is 22.4. The second-order valence-corrected chi connectivity index (χ2v) is 12.3. The SMILES string of the molecule is COC(=O)C1Cc2cccc(NC(=O)C(c3ccc(CC4CN(CC(C)C)NCC4=O)cc3)C3CCCC3)c2C1. The van der Waals surface area contributed by atoms with E-state index < -0.39 is 0 Å². The summed E-state index contributed by atoms with van der Waals surface area (Å²) in [4.78, 5) is 38.7. The average Bonchev–Trinajstić information content (AvgIpc) is 3.62. The second kappa shape index (κ2) is 12.6. The molecule has 0 radical (unpaired) electrons. The monoisotopic (exact) mass is 545 g/mol. The van der Waals surface area contributed by atoms with Gasteiger partial charge in [0.05, 0.1) is 25.5 Å². The fourth-order valence-corrected chi connectivity index (χ4v) is 6.91. The smallest absolute Gasteiger partial charge is 0.309 e. The zero-order valence-electron chi connectivity index (χ0n) is 24.1. The van der Waals surface area contributed by atoms with E-state index in [-0.39, 0.29) is 35.4 Å². The summed E-state index contributed by atoms with van der Waals surface area (Å²) in [5.74, 6) is 0.480. The van der Waals surface area contributed by atoms with Crippen molar-refractivity contribution in [2.24, 2.45) is 23.7 Å². The third-order valence-electron chi connectivity index (χ3n) is 8.92. The van der Waals surface area contributed by atoms with Crippen molar-refractivity contribution in [3.63, 3.8) is 0 Å². The van der Waals surface area contributed by atoms with E-state index in [1.54, 1.807) is 0 Å². The van der Waals surface area contributed by atoms with E-state index in [1.807, 2.05) is 18.2 Å². The van der Waals surface area contributed by atoms with Gasteiger partial charge >= 0.3 is 5.97 Å². The van der Waals surface area contributed by atoms with Crippen LogP contribution in [0.15, 0.2) is 42.5 Å². The van der Waals surface area contributed by atoms with Gasteiger partial charge in [0.2, 0.25) is 5.91 Å². The number of rotatable bonds is 9. The van der Waals surface area contributed by atoms with Crippen LogP contribution in [0.2, 0.25) is 0 Å². The first-order chi connectivity index (χ1) is 19.3. The third kappa shape index (κ3) is 6.47. The number of carbonyl (C=O) groups is 3. The number of benzene rings is 2. The number of nitrogens with one attached hydrogen (secondary N) is 2. The van der Waals surface area contributed by atoms with Crippen LogP contribution in [-0.2, 0) is 38.4 Å². The molecule has 1 heterocycles. The number of anilines is 1. The lowest BCUT2D eigenvalue weighted by atomic mass is 9.83. The van der Waals surface area contributed by atoms with Crippen molar-refractivity contribution in [2.45, 2.75) is 64.7 Å². The van der Waals surface area contributed by atoms with Crippen molar-refractivity contribution in [3.8, 4) is 0 Å². The van der Waals surface area contributed by atoms with Crippen LogP contribution in [-0.4, -0.2) is 49.4 Å². The molecule has 40 heavy (non-hydrogen) atoms. The predicted octanol–water partition coefficient (Wildman–Crippen LogP) is 4.69. The second-order valence-electron chi connectivity index (χ2n) is 12.3. The molecule has 7 nitrogen and oxygen atoms in total. The Morgan fingerprint density at radius 1 is 1.07 bits per heavy atom. The molecular formula is C33H43N3O4. The first kappa shape index (κ1) is 28.5. The zero-order valence-corrected chi connectivity index (χ0v) is 24.1. The number of esters is 1. The van der Waals surface area contributed by atoms with Crippen molar-refractivity contribution in [3.05, 3.63) is 64.7 Å². The Balaban J connectivity index is 1.30. The summed E-state index contributed by atoms with van der Waals surface area (Å²) < 4.78 is 4.98. The van der Waals surface area contributed by atoms with E-state index >= 15 is 0 Å². The molecule has 1 saturated heterocycles. The minimum Gasteiger partial charge on any atom is -0.469 e. The number of carbonyl (C=O) groups excluding carboxylic acids is 3. The maximum atomic E-state index is 13.9. The summed E-state index contributed by atoms with van der Waals surface area (Å²) in [6.07, 6.45) is 6.35. The highest BCUT2D eigenvalue weighted by molar-refractivity contribution is 5.97. The molecule has 0 spiro atoms. The zero-order chi connectivity index (χ0) is 28.2. The fourth-order valence-electron chi connectivity index (χ4n) is 6.91. The number of nitrogens with zero attached hydrogens (tertiary/aromatic N) is 1. The first-order valence-electron chi connectivity index (χ1n) is 14.9. The molecule has 2 aromatic rings. The summed E-state index contributed by atoms with van der Waals surface area (Å²) in [6.45, 7) is 6.42. The molecule has 214 valence electrons. The van der Waals surface area contributed by atoms with Crippen molar-refractivity contribution < 1.29 is 19.1 Å². The molecule has 2 fully saturated rings. The highest BCUT2D eigenvalue weighted by Crippen LogP contribution is 2.39. The van der Waals surface area contributed by atoms with Gasteiger partial charge in [0, 0.05) is 24.7 Å². The molecule has 1 saturated carbocycles. The van der Waals surface area contributed by atoms with Crippen LogP contribution in [0.5, 0.6) is 0 Å². The lowest BCUT2D eigenvalue weighted by Gasteiger charge is -2.33. The van der Waals surface area contributed by atoms with Gasteiger partial charge in [0.15, 0.2) is 5.78 Å². The highest BCUT2D eigenvalue weighted by atomic mass is 16.5. The van der Waals surface area contributed by atoms with Crippen LogP contribution < -0.4 is 10.7 Å². The molecule has 0 bridgehead atoms. The van der Waals surface area contributed by atoms with Crippen LogP contribution in [0.1, 0.15) is 67.7 Å². The standard InChI is InChI=1S/C33H43N3O4/c1-21(2)19-36-20-27(30(37)18-34-36)15-22-11-13-24(14-12-22)31(23-7-4-5-8-23)32(38)35-29-10-6-9-25-16-26(17-28(25)29)33(39)40-3/h6,9-14,21,23,26-27,31,34H,4-5,7-8,15-20H2,1-3H3,(H,35,38). The minimum absolute atomic E-state index is 0.0197. The summed E-state index contributed by atoms with van der Waals surface area (Å²) >= 11 is 0. The molecule has 2 aromatic carbocycles. The van der Waals surface area contributed by atoms with Crippen LogP contribution in [0.4, 0.5) is 5.69 Å². The molecule has 1 aliphatic heterocycles. The van der Waals surface area contributed by atoms with Gasteiger partial charge in [-0.1, -0.05) is 63.1 Å². The summed E-state index contributed by atoms with van der Waals surface area (Å²) in [6, 6.07) is 14.3. The molecular weight excluding hydrogens is 502 g/mol. The van der Waals surface area contributed by atoms with Crippen LogP contribution in [0, 0.1) is 23.7 Å². The van der Waals surface area contributed by atoms with Crippen molar-refractivity contribution >= 4 is 23.3 Å². The Morgan fingerprint density at radius 2 is 1.82 bits per heavy atom. The fraction of sp³-hybridized carbons (Fsp3) is 0.545. The maximum absolute atomic E-state index is 13.9. The van der Waals surface area contributed by atoms with Crippen LogP contribution in [0.3, 0.4) is 0 Å². The largest absolute Gasteiger partial charge is 0.469 e. The van der Waals surface area contributed by atoms with E-state index in [0.717, 1.165) is 66.7 Å². The number of Topliss-reactive ketones (excluding diaryl/α,β-unsaturated/α-hetero) is 1. The van der Waals surface area contributed by atoms with Crippen molar-refractivity contribution in [1.29, 1.82) is 0 Å². The number of fused-ring (bicyclic) bond motifs is 1. The van der Waals surface area contributed by atoms with Gasteiger partial charge in [-0.25, -0.2) is 10.4 Å². The van der Waals surface area contributed by atoms with Crippen LogP contribution in [0.25, 0.3) is 0 Å². The molecule has 1 amide bonds. The Hall–Kier alpha value is -3.03. The Morgan fingerprint density at radius 3 is 2.52 bits per heavy atom. The van der Waals surface area contributed by atoms with Gasteiger partial charge in [-0.3, -0.25) is 14.4 Å². The quantitative estimate of drug-likeness (QED) is 0.445. The summed E-state index contributed by atoms with van der Waals surface area (Å²) in [7, 11) is 1.43. The number of ketones is 1. The number of amides is 1. The molecule has 0 aromatic heterocycles. The third-order valence-corrected chi connectivity index (χ3v) is 8.92. The molecule has 3 unspecified atom stereocenters. The predicted molar refractivity (Wildman–Crippen MR) is 156 cm³/mol. The van der Waals surface area contributed by atoms with E-state index in [0.29, 0.717) is 37.6 Å². The summed E-state index contributed by atoms with van der Waals surface area (Å²) in [5.41, 5.74) is 8.37. The van der Waals surface area contributed by atoms with Crippen molar-refractivity contribution in [2.75, 3.05) is 32.1 Å². The molecule has 3 aliphatic rings. The van der Waals surface area contributed by atoms with E-state index in [1.165, 1.54) is 7.11 Å². The molecule has 2 aliphatic carbocycles. The number of methoxy groups -OCH3 is 1. The van der Waals surface area contributed by atoms with E-state index in [2.05, 4.69) is 53.9 Å². The first-order valence-corrected chi connectivity index (χ1v) is 14.9. The number of ether oxygens (including phenoxy) is 1. The lowest BCUT2D eigenvalue weighted by Crippen LogP contribution is -2.53. The number of hydrazine groups is 1. The highest BCUT2D eigenvalue weighted by Gasteiger charge is 2.35. The van der Waals surface area contributed by atoms with Gasteiger partial charge in [-0.15, -0.1) is 0 Å². The molecule has 5 rings (SSSR count). The minimum atomic E-state index is -0.229. The van der Waals surface area contributed by atoms with E-state index in [4.69, 9.17) is 4.74 Å². The van der Waals surface area contributed by atoms with Gasteiger partial charge in [0.1, 0.15) is 0 Å². The topological polar surface area (TPSA) is 87.7 Å². The lowest BCUT2D eigenvalue weighted by molar-refractivity contribution is -0.145. The Bertz CT molecular complexity index is 1220. The van der Waals surface area contributed by atoms with Gasteiger partial charge < -0.3 is 10.1 Å². The number of hydrogen-bond acceptors (Lipinski definition) is 6. The van der Waals surface area contributed by atoms with Gasteiger partial charge in [-0.05, 0) is 72.3 Å². The summed E-state index contributed by atoms with van der Waals surface area (Å²) in [5, 5.41) is 5.43. The molecule has 2 N–H and O–H groups in total. The van der Waals surface area contributed by atoms with Crippen molar-refractivity contribution in [1.82, 2.24) is 10.4 Å². The van der Waals surface area contributed by atoms with Gasteiger partial charge in [-0.2, -0.15) is 0 Å². The van der Waals surface area contributed by atoms with Gasteiger partial charge in [0.25, 0.3) is 0 Å². The average molecular weight is 546 g/mol. The Kier molecular flexibility index (Phi) is 9.01. The number of hydrogen-bond donors (Lipinski definition) is 2. The maximum Gasteiger partial charge on any atom is 0.309 e. The Labute approximate surface area is 238 Å². The molecule has 7 heteroatoms.